The Kier molecular flexibility index (Phi) is 8.02. The number of nitrogens with zero attached hydrogens (tertiary/aromatic N) is 3. The molecule has 1 aliphatic heterocycles. The van der Waals surface area contributed by atoms with Crippen LogP contribution in [0.2, 0.25) is 0 Å². The fourth-order valence-corrected chi connectivity index (χ4v) is 3.37. The van der Waals surface area contributed by atoms with Gasteiger partial charge < -0.3 is 20.4 Å². The number of aliphatic imine (C=N–C) groups is 1. The first kappa shape index (κ1) is 17.5. The molecular formula is C17H35N5. The first-order valence-electron chi connectivity index (χ1n) is 9.16. The molecular weight excluding hydrogens is 274 g/mol. The molecule has 0 aromatic rings. The van der Waals surface area contributed by atoms with E-state index in [0.29, 0.717) is 6.04 Å². The molecule has 128 valence electrons. The Labute approximate surface area is 136 Å². The standard InChI is InChI=1S/C17H35N5/c1-18-17(20-16-8-4-3-5-9-16)19-10-6-7-11-22-14-12-21(2)13-15-22/h16H,3-15H2,1-2H3,(H2,18,19,20). The number of likely N-dealkylation sites (N-methyl/N-ethyl adjacent to an activating group) is 1. The van der Waals surface area contributed by atoms with Gasteiger partial charge in [-0.05, 0) is 39.3 Å². The molecule has 2 N–H and O–H groups in total. The van der Waals surface area contributed by atoms with Crippen LogP contribution in [0, 0.1) is 0 Å². The second-order valence-corrected chi connectivity index (χ2v) is 6.83. The Morgan fingerprint density at radius 2 is 1.77 bits per heavy atom. The van der Waals surface area contributed by atoms with Gasteiger partial charge in [0, 0.05) is 45.8 Å². The van der Waals surface area contributed by atoms with E-state index in [1.54, 1.807) is 0 Å². The zero-order valence-electron chi connectivity index (χ0n) is 14.6. The van der Waals surface area contributed by atoms with Crippen molar-refractivity contribution in [2.24, 2.45) is 4.99 Å². The molecule has 1 saturated carbocycles. The minimum absolute atomic E-state index is 0.630. The van der Waals surface area contributed by atoms with Crippen molar-refractivity contribution in [1.29, 1.82) is 0 Å². The van der Waals surface area contributed by atoms with Gasteiger partial charge in [-0.25, -0.2) is 0 Å². The number of hydrogen-bond donors (Lipinski definition) is 2. The first-order chi connectivity index (χ1) is 10.8. The van der Waals surface area contributed by atoms with Gasteiger partial charge in [-0.3, -0.25) is 4.99 Å². The summed E-state index contributed by atoms with van der Waals surface area (Å²) in [5, 5.41) is 7.05. The zero-order valence-corrected chi connectivity index (χ0v) is 14.6. The van der Waals surface area contributed by atoms with Crippen molar-refractivity contribution >= 4 is 5.96 Å². The zero-order chi connectivity index (χ0) is 15.6. The van der Waals surface area contributed by atoms with Crippen molar-refractivity contribution in [3.63, 3.8) is 0 Å². The molecule has 2 rings (SSSR count). The number of guanidine groups is 1. The second-order valence-electron chi connectivity index (χ2n) is 6.83. The van der Waals surface area contributed by atoms with Gasteiger partial charge in [0.1, 0.15) is 0 Å². The summed E-state index contributed by atoms with van der Waals surface area (Å²) in [6.07, 6.45) is 9.21. The van der Waals surface area contributed by atoms with Gasteiger partial charge in [0.05, 0.1) is 0 Å². The summed E-state index contributed by atoms with van der Waals surface area (Å²) in [6.45, 7) is 7.17. The van der Waals surface area contributed by atoms with Gasteiger partial charge in [0.25, 0.3) is 0 Å². The van der Waals surface area contributed by atoms with Gasteiger partial charge in [-0.15, -0.1) is 0 Å². The molecule has 0 spiro atoms. The minimum Gasteiger partial charge on any atom is -0.356 e. The summed E-state index contributed by atoms with van der Waals surface area (Å²) in [6, 6.07) is 0.630. The molecule has 1 heterocycles. The molecule has 5 nitrogen and oxygen atoms in total. The summed E-state index contributed by atoms with van der Waals surface area (Å²) in [4.78, 5) is 9.36. The molecule has 0 amide bonds. The highest BCUT2D eigenvalue weighted by Gasteiger charge is 2.14. The van der Waals surface area contributed by atoms with E-state index < -0.39 is 0 Å². The third-order valence-corrected chi connectivity index (χ3v) is 4.96. The third kappa shape index (κ3) is 6.53. The predicted molar refractivity (Wildman–Crippen MR) is 94.5 cm³/mol. The summed E-state index contributed by atoms with van der Waals surface area (Å²) in [5.74, 6) is 0.992. The Morgan fingerprint density at radius 3 is 2.45 bits per heavy atom. The van der Waals surface area contributed by atoms with Crippen LogP contribution in [-0.4, -0.2) is 75.2 Å². The normalized spacial score (nSPS) is 22.7. The lowest BCUT2D eigenvalue weighted by Gasteiger charge is -2.32. The number of unbranched alkanes of at least 4 members (excludes halogenated alkanes) is 1. The lowest BCUT2D eigenvalue weighted by atomic mass is 9.96. The highest BCUT2D eigenvalue weighted by atomic mass is 15.2. The van der Waals surface area contributed by atoms with E-state index in [1.807, 2.05) is 7.05 Å². The fraction of sp³-hybridized carbons (Fsp3) is 0.941. The highest BCUT2D eigenvalue weighted by molar-refractivity contribution is 5.79. The summed E-state index contributed by atoms with van der Waals surface area (Å²) < 4.78 is 0. The third-order valence-electron chi connectivity index (χ3n) is 4.96. The van der Waals surface area contributed by atoms with E-state index in [1.165, 1.54) is 77.7 Å². The summed E-state index contributed by atoms with van der Waals surface area (Å²) >= 11 is 0. The van der Waals surface area contributed by atoms with Crippen molar-refractivity contribution in [3.8, 4) is 0 Å². The molecule has 1 saturated heterocycles. The van der Waals surface area contributed by atoms with E-state index in [9.17, 15) is 0 Å². The molecule has 0 radical (unpaired) electrons. The summed E-state index contributed by atoms with van der Waals surface area (Å²) in [5.41, 5.74) is 0. The quantitative estimate of drug-likeness (QED) is 0.443. The molecule has 1 aliphatic carbocycles. The largest absolute Gasteiger partial charge is 0.356 e. The average Bonchev–Trinajstić information content (AvgIpc) is 2.56. The summed E-state index contributed by atoms with van der Waals surface area (Å²) in [7, 11) is 4.09. The van der Waals surface area contributed by atoms with Crippen LogP contribution in [0.5, 0.6) is 0 Å². The van der Waals surface area contributed by atoms with E-state index in [-0.39, 0.29) is 0 Å². The molecule has 2 aliphatic rings. The van der Waals surface area contributed by atoms with Crippen LogP contribution >= 0.6 is 0 Å². The predicted octanol–water partition coefficient (Wildman–Crippen LogP) is 1.51. The smallest absolute Gasteiger partial charge is 0.191 e. The van der Waals surface area contributed by atoms with Crippen LogP contribution in [0.3, 0.4) is 0 Å². The SMILES string of the molecule is CN=C(NCCCCN1CCN(C)CC1)NC1CCCCC1. The molecule has 22 heavy (non-hydrogen) atoms. The lowest BCUT2D eigenvalue weighted by molar-refractivity contribution is 0.152. The molecule has 0 atom stereocenters. The van der Waals surface area contributed by atoms with Crippen LogP contribution < -0.4 is 10.6 Å². The van der Waals surface area contributed by atoms with Gasteiger partial charge in [-0.1, -0.05) is 19.3 Å². The Bertz CT molecular complexity index is 317. The van der Waals surface area contributed by atoms with Gasteiger partial charge in [0.15, 0.2) is 5.96 Å². The van der Waals surface area contributed by atoms with Gasteiger partial charge in [0.2, 0.25) is 0 Å². The van der Waals surface area contributed by atoms with Crippen molar-refractivity contribution in [3.05, 3.63) is 0 Å². The van der Waals surface area contributed by atoms with Gasteiger partial charge >= 0.3 is 0 Å². The van der Waals surface area contributed by atoms with E-state index >= 15 is 0 Å². The maximum absolute atomic E-state index is 4.36. The molecule has 0 unspecified atom stereocenters. The minimum atomic E-state index is 0.630. The Hall–Kier alpha value is -0.810. The number of rotatable bonds is 6. The van der Waals surface area contributed by atoms with Gasteiger partial charge in [-0.2, -0.15) is 0 Å². The Balaban J connectivity index is 1.51. The number of hydrogen-bond acceptors (Lipinski definition) is 3. The molecule has 0 aromatic heterocycles. The molecule has 0 bridgehead atoms. The van der Waals surface area contributed by atoms with E-state index in [4.69, 9.17) is 0 Å². The average molecular weight is 310 g/mol. The number of piperazine rings is 1. The second kappa shape index (κ2) is 10.1. The highest BCUT2D eigenvalue weighted by Crippen LogP contribution is 2.17. The van der Waals surface area contributed by atoms with Crippen molar-refractivity contribution < 1.29 is 0 Å². The van der Waals surface area contributed by atoms with Crippen LogP contribution in [0.15, 0.2) is 4.99 Å². The topological polar surface area (TPSA) is 42.9 Å². The van der Waals surface area contributed by atoms with Crippen LogP contribution in [0.4, 0.5) is 0 Å². The van der Waals surface area contributed by atoms with Crippen molar-refractivity contribution in [2.75, 3.05) is 53.4 Å². The maximum atomic E-state index is 4.36. The Morgan fingerprint density at radius 1 is 1.05 bits per heavy atom. The van der Waals surface area contributed by atoms with Crippen molar-refractivity contribution in [1.82, 2.24) is 20.4 Å². The van der Waals surface area contributed by atoms with Crippen LogP contribution in [-0.2, 0) is 0 Å². The number of nitrogens with one attached hydrogen (secondary N) is 2. The molecule has 0 aromatic carbocycles. The van der Waals surface area contributed by atoms with Crippen molar-refractivity contribution in [2.45, 2.75) is 51.0 Å². The lowest BCUT2D eigenvalue weighted by Crippen LogP contribution is -2.45. The first-order valence-corrected chi connectivity index (χ1v) is 9.16. The maximum Gasteiger partial charge on any atom is 0.191 e. The van der Waals surface area contributed by atoms with E-state index in [0.717, 1.165) is 12.5 Å². The monoisotopic (exact) mass is 309 g/mol. The van der Waals surface area contributed by atoms with Crippen LogP contribution in [0.25, 0.3) is 0 Å². The molecule has 2 fully saturated rings. The van der Waals surface area contributed by atoms with E-state index in [2.05, 4.69) is 32.5 Å². The fourth-order valence-electron chi connectivity index (χ4n) is 3.37. The molecule has 5 heteroatoms. The van der Waals surface area contributed by atoms with Crippen LogP contribution in [0.1, 0.15) is 44.9 Å².